The molecule has 0 aliphatic heterocycles. The van der Waals surface area contributed by atoms with E-state index in [4.69, 9.17) is 10.5 Å². The van der Waals surface area contributed by atoms with Crippen molar-refractivity contribution in [3.8, 4) is 5.88 Å². The summed E-state index contributed by atoms with van der Waals surface area (Å²) in [5, 5.41) is 0. The van der Waals surface area contributed by atoms with Crippen molar-refractivity contribution in [1.29, 1.82) is 0 Å². The van der Waals surface area contributed by atoms with Crippen LogP contribution in [0.25, 0.3) is 0 Å². The number of hydrogen-bond acceptors (Lipinski definition) is 3. The van der Waals surface area contributed by atoms with E-state index in [9.17, 15) is 0 Å². The first-order valence-corrected chi connectivity index (χ1v) is 4.44. The summed E-state index contributed by atoms with van der Waals surface area (Å²) >= 11 is 0. The maximum atomic E-state index is 5.64. The summed E-state index contributed by atoms with van der Waals surface area (Å²) in [5.41, 5.74) is 6.10. The minimum absolute atomic E-state index is 0.180. The highest BCUT2D eigenvalue weighted by atomic mass is 16.5. The first-order valence-electron chi connectivity index (χ1n) is 4.44. The molecule has 0 aromatic carbocycles. The topological polar surface area (TPSA) is 48.1 Å². The van der Waals surface area contributed by atoms with Crippen LogP contribution in [-0.4, -0.2) is 10.6 Å². The Morgan fingerprint density at radius 1 is 1.54 bits per heavy atom. The van der Waals surface area contributed by atoms with Crippen LogP contribution in [-0.2, 0) is 0 Å². The highest BCUT2D eigenvalue weighted by Gasteiger charge is 2.17. The van der Waals surface area contributed by atoms with Gasteiger partial charge < -0.3 is 10.5 Å². The van der Waals surface area contributed by atoms with Gasteiger partial charge in [0, 0.05) is 18.0 Å². The fourth-order valence-corrected chi connectivity index (χ4v) is 0.836. The zero-order valence-electron chi connectivity index (χ0n) is 8.37. The summed E-state index contributed by atoms with van der Waals surface area (Å²) in [6, 6.07) is 3.48. The highest BCUT2D eigenvalue weighted by Crippen LogP contribution is 2.19. The molecule has 72 valence electrons. The predicted octanol–water partition coefficient (Wildman–Crippen LogP) is 2.23. The molecule has 0 radical (unpaired) electrons. The molecule has 0 fully saturated rings. The summed E-state index contributed by atoms with van der Waals surface area (Å²) in [4.78, 5) is 4.07. The predicted molar refractivity (Wildman–Crippen MR) is 53.6 cm³/mol. The average molecular weight is 180 g/mol. The Bertz CT molecular complexity index is 284. The second-order valence-electron chi connectivity index (χ2n) is 3.64. The number of nitrogen functional groups attached to an aromatic ring is 1. The Morgan fingerprint density at radius 2 is 2.23 bits per heavy atom. The highest BCUT2D eigenvalue weighted by molar-refractivity contribution is 5.39. The number of pyridine rings is 1. The van der Waals surface area contributed by atoms with Gasteiger partial charge in [-0.1, -0.05) is 6.92 Å². The second kappa shape index (κ2) is 3.64. The summed E-state index contributed by atoms with van der Waals surface area (Å²) in [6.07, 6.45) is 2.58. The number of aromatic nitrogens is 1. The lowest BCUT2D eigenvalue weighted by molar-refractivity contribution is 0.0991. The molecule has 0 saturated heterocycles. The van der Waals surface area contributed by atoms with Gasteiger partial charge in [0.05, 0.1) is 0 Å². The Kier molecular flexibility index (Phi) is 2.76. The number of ether oxygens (including phenoxy) is 1. The molecule has 1 aromatic rings. The smallest absolute Gasteiger partial charge is 0.215 e. The molecule has 0 bridgehead atoms. The summed E-state index contributed by atoms with van der Waals surface area (Å²) in [7, 11) is 0. The van der Waals surface area contributed by atoms with Gasteiger partial charge in [0.25, 0.3) is 0 Å². The zero-order chi connectivity index (χ0) is 9.90. The van der Waals surface area contributed by atoms with Gasteiger partial charge in [-0.3, -0.25) is 0 Å². The van der Waals surface area contributed by atoms with Crippen molar-refractivity contribution in [2.75, 3.05) is 5.73 Å². The van der Waals surface area contributed by atoms with Gasteiger partial charge in [-0.05, 0) is 26.3 Å². The van der Waals surface area contributed by atoms with Gasteiger partial charge in [0.2, 0.25) is 5.88 Å². The molecule has 3 nitrogen and oxygen atoms in total. The van der Waals surface area contributed by atoms with E-state index in [0.717, 1.165) is 6.42 Å². The van der Waals surface area contributed by atoms with E-state index >= 15 is 0 Å². The van der Waals surface area contributed by atoms with Gasteiger partial charge >= 0.3 is 0 Å². The lowest BCUT2D eigenvalue weighted by Gasteiger charge is -2.23. The van der Waals surface area contributed by atoms with E-state index in [0.29, 0.717) is 11.6 Å². The maximum absolute atomic E-state index is 5.64. The Balaban J connectivity index is 2.74. The van der Waals surface area contributed by atoms with Crippen molar-refractivity contribution in [3.63, 3.8) is 0 Å². The van der Waals surface area contributed by atoms with E-state index in [2.05, 4.69) is 11.9 Å². The van der Waals surface area contributed by atoms with Crippen molar-refractivity contribution in [1.82, 2.24) is 4.98 Å². The standard InChI is InChI=1S/C10H16N2O/c1-4-10(2,3)13-9-7-8(11)5-6-12-9/h5-7H,4H2,1-3H3,(H2,11,12). The average Bonchev–Trinajstić information content (AvgIpc) is 2.03. The lowest BCUT2D eigenvalue weighted by Crippen LogP contribution is -2.27. The number of anilines is 1. The largest absolute Gasteiger partial charge is 0.472 e. The molecule has 0 aliphatic rings. The van der Waals surface area contributed by atoms with Crippen molar-refractivity contribution < 1.29 is 4.74 Å². The van der Waals surface area contributed by atoms with Crippen LogP contribution in [0.5, 0.6) is 5.88 Å². The van der Waals surface area contributed by atoms with Crippen LogP contribution < -0.4 is 10.5 Å². The van der Waals surface area contributed by atoms with E-state index in [1.807, 2.05) is 13.8 Å². The molecule has 13 heavy (non-hydrogen) atoms. The molecule has 1 heterocycles. The van der Waals surface area contributed by atoms with Crippen molar-refractivity contribution in [3.05, 3.63) is 18.3 Å². The molecule has 2 N–H and O–H groups in total. The fourth-order valence-electron chi connectivity index (χ4n) is 0.836. The molecule has 0 saturated carbocycles. The number of nitrogens with zero attached hydrogens (tertiary/aromatic N) is 1. The van der Waals surface area contributed by atoms with Crippen molar-refractivity contribution in [2.45, 2.75) is 32.8 Å². The van der Waals surface area contributed by atoms with Crippen LogP contribution in [0.1, 0.15) is 27.2 Å². The molecular formula is C10H16N2O. The van der Waals surface area contributed by atoms with E-state index < -0.39 is 0 Å². The quantitative estimate of drug-likeness (QED) is 0.776. The van der Waals surface area contributed by atoms with Crippen molar-refractivity contribution >= 4 is 5.69 Å². The van der Waals surface area contributed by atoms with Crippen LogP contribution in [0.2, 0.25) is 0 Å². The van der Waals surface area contributed by atoms with Crippen LogP contribution in [0.4, 0.5) is 5.69 Å². The zero-order valence-corrected chi connectivity index (χ0v) is 8.37. The minimum Gasteiger partial charge on any atom is -0.472 e. The van der Waals surface area contributed by atoms with E-state index in [1.165, 1.54) is 0 Å². The van der Waals surface area contributed by atoms with Gasteiger partial charge in [0.15, 0.2) is 0 Å². The molecule has 1 aromatic heterocycles. The van der Waals surface area contributed by atoms with Crippen LogP contribution in [0.15, 0.2) is 18.3 Å². The minimum atomic E-state index is -0.180. The second-order valence-corrected chi connectivity index (χ2v) is 3.64. The number of nitrogens with two attached hydrogens (primary N) is 1. The van der Waals surface area contributed by atoms with Crippen molar-refractivity contribution in [2.24, 2.45) is 0 Å². The monoisotopic (exact) mass is 180 g/mol. The normalized spacial score (nSPS) is 11.3. The van der Waals surface area contributed by atoms with Crippen LogP contribution in [0, 0.1) is 0 Å². The van der Waals surface area contributed by atoms with E-state index in [-0.39, 0.29) is 5.60 Å². The van der Waals surface area contributed by atoms with Crippen LogP contribution >= 0.6 is 0 Å². The lowest BCUT2D eigenvalue weighted by atomic mass is 10.1. The summed E-state index contributed by atoms with van der Waals surface area (Å²) < 4.78 is 5.64. The number of hydrogen-bond donors (Lipinski definition) is 1. The number of rotatable bonds is 3. The molecule has 0 atom stereocenters. The fraction of sp³-hybridized carbons (Fsp3) is 0.500. The Labute approximate surface area is 78.9 Å². The van der Waals surface area contributed by atoms with Gasteiger partial charge in [0.1, 0.15) is 5.60 Å². The van der Waals surface area contributed by atoms with Gasteiger partial charge in [-0.15, -0.1) is 0 Å². The Hall–Kier alpha value is -1.25. The van der Waals surface area contributed by atoms with Gasteiger partial charge in [-0.25, -0.2) is 4.98 Å². The molecule has 3 heteroatoms. The molecule has 0 spiro atoms. The SMILES string of the molecule is CCC(C)(C)Oc1cc(N)ccn1. The third kappa shape index (κ3) is 2.93. The van der Waals surface area contributed by atoms with Crippen LogP contribution in [0.3, 0.4) is 0 Å². The third-order valence-electron chi connectivity index (χ3n) is 1.99. The van der Waals surface area contributed by atoms with E-state index in [1.54, 1.807) is 18.3 Å². The summed E-state index contributed by atoms with van der Waals surface area (Å²) in [6.45, 7) is 6.13. The first kappa shape index (κ1) is 9.84. The van der Waals surface area contributed by atoms with Gasteiger partial charge in [-0.2, -0.15) is 0 Å². The third-order valence-corrected chi connectivity index (χ3v) is 1.99. The maximum Gasteiger partial charge on any atom is 0.215 e. The summed E-state index contributed by atoms with van der Waals surface area (Å²) in [5.74, 6) is 0.590. The molecule has 0 unspecified atom stereocenters. The molecular weight excluding hydrogens is 164 g/mol. The first-order chi connectivity index (χ1) is 6.03. The molecule has 1 rings (SSSR count). The Morgan fingerprint density at radius 3 is 2.77 bits per heavy atom. The molecule has 0 aliphatic carbocycles. The molecule has 0 amide bonds.